The first kappa shape index (κ1) is 16.4. The van der Waals surface area contributed by atoms with Crippen LogP contribution in [-0.2, 0) is 14.3 Å². The topological polar surface area (TPSA) is 87.7 Å². The smallest absolute Gasteiger partial charge is 0.321 e. The van der Waals surface area contributed by atoms with Crippen LogP contribution in [0, 0.1) is 0 Å². The monoisotopic (exact) mass is 285 g/mol. The Hall–Kier alpha value is -1.63. The molecule has 0 aliphatic heterocycles. The molecule has 0 unspecified atom stereocenters. The Balaban J connectivity index is 2.17. The van der Waals surface area contributed by atoms with E-state index in [1.54, 1.807) is 11.9 Å². The zero-order valence-corrected chi connectivity index (χ0v) is 12.1. The van der Waals surface area contributed by atoms with Crippen LogP contribution in [-0.4, -0.2) is 56.1 Å². The van der Waals surface area contributed by atoms with E-state index in [9.17, 15) is 14.4 Å². The SMILES string of the molecule is COC(=O)CCN(C)CC(=O)NC(=O)NC1CCCC1. The van der Waals surface area contributed by atoms with Gasteiger partial charge in [0.15, 0.2) is 0 Å². The van der Waals surface area contributed by atoms with Gasteiger partial charge in [0.2, 0.25) is 5.91 Å². The van der Waals surface area contributed by atoms with Gasteiger partial charge in [0.25, 0.3) is 0 Å². The van der Waals surface area contributed by atoms with Crippen LogP contribution in [0.2, 0.25) is 0 Å². The number of ether oxygens (including phenoxy) is 1. The van der Waals surface area contributed by atoms with E-state index in [4.69, 9.17) is 0 Å². The van der Waals surface area contributed by atoms with Crippen LogP contribution in [0.1, 0.15) is 32.1 Å². The molecule has 0 heterocycles. The van der Waals surface area contributed by atoms with Gasteiger partial charge in [-0.1, -0.05) is 12.8 Å². The van der Waals surface area contributed by atoms with Crippen LogP contribution < -0.4 is 10.6 Å². The van der Waals surface area contributed by atoms with Crippen molar-refractivity contribution in [3.05, 3.63) is 0 Å². The fourth-order valence-corrected chi connectivity index (χ4v) is 2.17. The molecule has 0 aromatic carbocycles. The lowest BCUT2D eigenvalue weighted by Gasteiger charge is -2.16. The number of rotatable bonds is 6. The van der Waals surface area contributed by atoms with E-state index < -0.39 is 6.03 Å². The standard InChI is InChI=1S/C13H23N3O4/c1-16(8-7-12(18)20-2)9-11(17)15-13(19)14-10-5-3-4-6-10/h10H,3-9H2,1-2H3,(H2,14,15,17,19). The summed E-state index contributed by atoms with van der Waals surface area (Å²) < 4.78 is 4.51. The summed E-state index contributed by atoms with van der Waals surface area (Å²) in [5.41, 5.74) is 0. The highest BCUT2D eigenvalue weighted by molar-refractivity contribution is 5.95. The number of imide groups is 1. The average Bonchev–Trinajstić information content (AvgIpc) is 2.88. The largest absolute Gasteiger partial charge is 0.469 e. The molecular formula is C13H23N3O4. The van der Waals surface area contributed by atoms with Crippen LogP contribution in [0.4, 0.5) is 4.79 Å². The Morgan fingerprint density at radius 1 is 1.25 bits per heavy atom. The van der Waals surface area contributed by atoms with Gasteiger partial charge in [0.05, 0.1) is 20.1 Å². The molecule has 0 atom stereocenters. The van der Waals surface area contributed by atoms with Crippen LogP contribution in [0.25, 0.3) is 0 Å². The summed E-state index contributed by atoms with van der Waals surface area (Å²) in [5.74, 6) is -0.705. The second kappa shape index (κ2) is 8.52. The molecule has 0 spiro atoms. The molecule has 7 heteroatoms. The van der Waals surface area contributed by atoms with Gasteiger partial charge in [-0.15, -0.1) is 0 Å². The number of nitrogens with zero attached hydrogens (tertiary/aromatic N) is 1. The van der Waals surface area contributed by atoms with Crippen molar-refractivity contribution >= 4 is 17.9 Å². The molecule has 1 saturated carbocycles. The molecular weight excluding hydrogens is 262 g/mol. The normalized spacial score (nSPS) is 15.2. The van der Waals surface area contributed by atoms with Gasteiger partial charge in [0.1, 0.15) is 0 Å². The summed E-state index contributed by atoms with van der Waals surface area (Å²) in [6, 6.07) is -0.261. The number of nitrogens with one attached hydrogen (secondary N) is 2. The molecule has 0 radical (unpaired) electrons. The minimum absolute atomic E-state index is 0.0646. The minimum atomic E-state index is -0.441. The zero-order valence-electron chi connectivity index (χ0n) is 12.1. The van der Waals surface area contributed by atoms with E-state index in [0.29, 0.717) is 6.54 Å². The molecule has 20 heavy (non-hydrogen) atoms. The highest BCUT2D eigenvalue weighted by Gasteiger charge is 2.18. The Labute approximate surface area is 119 Å². The van der Waals surface area contributed by atoms with E-state index in [1.807, 2.05) is 0 Å². The number of amides is 3. The molecule has 1 fully saturated rings. The van der Waals surface area contributed by atoms with E-state index in [0.717, 1.165) is 25.7 Å². The van der Waals surface area contributed by atoms with Gasteiger partial charge in [-0.3, -0.25) is 19.8 Å². The Bertz CT molecular complexity index is 354. The lowest BCUT2D eigenvalue weighted by molar-refractivity contribution is -0.141. The first-order valence-electron chi connectivity index (χ1n) is 6.87. The highest BCUT2D eigenvalue weighted by Crippen LogP contribution is 2.17. The molecule has 0 saturated heterocycles. The van der Waals surface area contributed by atoms with Crippen LogP contribution in [0.5, 0.6) is 0 Å². The Morgan fingerprint density at radius 3 is 2.50 bits per heavy atom. The Morgan fingerprint density at radius 2 is 1.90 bits per heavy atom. The first-order chi connectivity index (χ1) is 9.51. The summed E-state index contributed by atoms with van der Waals surface area (Å²) in [6.07, 6.45) is 4.40. The molecule has 7 nitrogen and oxygen atoms in total. The predicted molar refractivity (Wildman–Crippen MR) is 73.1 cm³/mol. The molecule has 3 amide bonds. The number of carbonyl (C=O) groups excluding carboxylic acids is 3. The van der Waals surface area contributed by atoms with E-state index in [1.165, 1.54) is 7.11 Å². The van der Waals surface area contributed by atoms with Crippen molar-refractivity contribution in [1.29, 1.82) is 0 Å². The van der Waals surface area contributed by atoms with Crippen LogP contribution in [0.3, 0.4) is 0 Å². The van der Waals surface area contributed by atoms with Crippen molar-refractivity contribution in [1.82, 2.24) is 15.5 Å². The second-order valence-electron chi connectivity index (χ2n) is 5.07. The number of hydrogen-bond acceptors (Lipinski definition) is 5. The van der Waals surface area contributed by atoms with Crippen molar-refractivity contribution in [2.45, 2.75) is 38.1 Å². The molecule has 114 valence electrons. The van der Waals surface area contributed by atoms with E-state index in [-0.39, 0.29) is 30.9 Å². The quantitative estimate of drug-likeness (QED) is 0.683. The second-order valence-corrected chi connectivity index (χ2v) is 5.07. The molecule has 1 rings (SSSR count). The number of hydrogen-bond donors (Lipinski definition) is 2. The number of likely N-dealkylation sites (N-methyl/N-ethyl adjacent to an activating group) is 1. The maximum absolute atomic E-state index is 11.6. The van der Waals surface area contributed by atoms with Gasteiger partial charge >= 0.3 is 12.0 Å². The third kappa shape index (κ3) is 6.51. The van der Waals surface area contributed by atoms with Crippen molar-refractivity contribution in [2.24, 2.45) is 0 Å². The highest BCUT2D eigenvalue weighted by atomic mass is 16.5. The number of esters is 1. The summed E-state index contributed by atoms with van der Waals surface area (Å²) in [4.78, 5) is 35.8. The van der Waals surface area contributed by atoms with Crippen molar-refractivity contribution < 1.29 is 19.1 Å². The van der Waals surface area contributed by atoms with Crippen LogP contribution >= 0.6 is 0 Å². The average molecular weight is 285 g/mol. The van der Waals surface area contributed by atoms with Crippen molar-refractivity contribution in [2.75, 3.05) is 27.2 Å². The molecule has 0 aromatic rings. The van der Waals surface area contributed by atoms with Crippen molar-refractivity contribution in [3.63, 3.8) is 0 Å². The molecule has 0 bridgehead atoms. The first-order valence-corrected chi connectivity index (χ1v) is 6.87. The Kier molecular flexibility index (Phi) is 7.00. The minimum Gasteiger partial charge on any atom is -0.469 e. The van der Waals surface area contributed by atoms with Gasteiger partial charge in [0, 0.05) is 12.6 Å². The predicted octanol–water partition coefficient (Wildman–Crippen LogP) is 0.250. The summed E-state index contributed by atoms with van der Waals surface area (Å²) in [7, 11) is 3.03. The maximum Gasteiger partial charge on any atom is 0.321 e. The third-order valence-corrected chi connectivity index (χ3v) is 3.28. The van der Waals surface area contributed by atoms with Gasteiger partial charge in [-0.05, 0) is 19.9 Å². The lowest BCUT2D eigenvalue weighted by Crippen LogP contribution is -2.46. The van der Waals surface area contributed by atoms with E-state index >= 15 is 0 Å². The number of urea groups is 1. The van der Waals surface area contributed by atoms with Crippen molar-refractivity contribution in [3.8, 4) is 0 Å². The molecule has 1 aliphatic rings. The number of carbonyl (C=O) groups is 3. The molecule has 2 N–H and O–H groups in total. The van der Waals surface area contributed by atoms with Gasteiger partial charge < -0.3 is 10.1 Å². The summed E-state index contributed by atoms with van der Waals surface area (Å²) >= 11 is 0. The molecule has 1 aliphatic carbocycles. The maximum atomic E-state index is 11.6. The number of methoxy groups -OCH3 is 1. The fourth-order valence-electron chi connectivity index (χ4n) is 2.17. The van der Waals surface area contributed by atoms with E-state index in [2.05, 4.69) is 15.4 Å². The fraction of sp³-hybridized carbons (Fsp3) is 0.769. The molecule has 0 aromatic heterocycles. The van der Waals surface area contributed by atoms with Gasteiger partial charge in [-0.2, -0.15) is 0 Å². The lowest BCUT2D eigenvalue weighted by atomic mass is 10.2. The summed E-state index contributed by atoms with van der Waals surface area (Å²) in [6.45, 7) is 0.472. The van der Waals surface area contributed by atoms with Gasteiger partial charge in [-0.25, -0.2) is 4.79 Å². The third-order valence-electron chi connectivity index (χ3n) is 3.28. The summed E-state index contributed by atoms with van der Waals surface area (Å²) in [5, 5.41) is 5.07. The zero-order chi connectivity index (χ0) is 15.0. The van der Waals surface area contributed by atoms with Crippen LogP contribution in [0.15, 0.2) is 0 Å².